The lowest BCUT2D eigenvalue weighted by Gasteiger charge is -2.18. The van der Waals surface area contributed by atoms with E-state index in [2.05, 4.69) is 0 Å². The second-order valence-corrected chi connectivity index (χ2v) is 9.58. The molecule has 0 unspecified atom stereocenters. The molecule has 0 atom stereocenters. The predicted octanol–water partition coefficient (Wildman–Crippen LogP) is 6.04. The molecule has 0 aliphatic carbocycles. The summed E-state index contributed by atoms with van der Waals surface area (Å²) in [7, 11) is 4.26. The van der Waals surface area contributed by atoms with Crippen molar-refractivity contribution < 1.29 is 38.4 Å². The number of fused-ring (bicyclic) bond motifs is 2. The molecule has 0 fully saturated rings. The maximum Gasteiger partial charge on any atom is 0.197 e. The Hall–Kier alpha value is -5.90. The average molecular weight is 581 g/mol. The molecule has 0 bridgehead atoms. The van der Waals surface area contributed by atoms with E-state index < -0.39 is 16.6 Å². The van der Waals surface area contributed by atoms with Crippen molar-refractivity contribution in [2.75, 3.05) is 21.3 Å². The van der Waals surface area contributed by atoms with Gasteiger partial charge in [-0.05, 0) is 48.5 Å². The summed E-state index contributed by atoms with van der Waals surface area (Å²) in [4.78, 5) is 26.8. The van der Waals surface area contributed by atoms with Crippen molar-refractivity contribution in [3.63, 3.8) is 0 Å². The second-order valence-electron chi connectivity index (χ2n) is 9.58. The van der Waals surface area contributed by atoms with Crippen LogP contribution in [0.15, 0.2) is 91.2 Å². The molecule has 0 radical (unpaired) electrons. The lowest BCUT2D eigenvalue weighted by atomic mass is 9.96. The van der Waals surface area contributed by atoms with Crippen molar-refractivity contribution in [3.05, 3.63) is 93.2 Å². The van der Waals surface area contributed by atoms with Gasteiger partial charge in [-0.2, -0.15) is 0 Å². The summed E-state index contributed by atoms with van der Waals surface area (Å²) >= 11 is 0. The van der Waals surface area contributed by atoms with E-state index >= 15 is 0 Å². The molecule has 3 N–H and O–H groups in total. The molecule has 0 aliphatic heterocycles. The Bertz CT molecular complexity index is 2140. The van der Waals surface area contributed by atoms with Crippen LogP contribution in [0.3, 0.4) is 0 Å². The topological polar surface area (TPSA) is 149 Å². The van der Waals surface area contributed by atoms with E-state index in [1.807, 2.05) is 0 Å². The minimum atomic E-state index is -0.562. The highest BCUT2D eigenvalue weighted by Crippen LogP contribution is 2.49. The first-order chi connectivity index (χ1) is 20.7. The summed E-state index contributed by atoms with van der Waals surface area (Å²) in [5, 5.41) is 31.2. The van der Waals surface area contributed by atoms with Crippen LogP contribution in [-0.2, 0) is 0 Å². The van der Waals surface area contributed by atoms with Crippen molar-refractivity contribution in [3.8, 4) is 68.3 Å². The fraction of sp³-hybridized carbons (Fsp3) is 0.0909. The van der Waals surface area contributed by atoms with E-state index in [1.165, 1.54) is 57.7 Å². The smallest absolute Gasteiger partial charge is 0.197 e. The molecule has 43 heavy (non-hydrogen) atoms. The number of phenols is 3. The summed E-state index contributed by atoms with van der Waals surface area (Å²) in [6, 6.07) is 17.8. The third-order valence-electron chi connectivity index (χ3n) is 7.11. The van der Waals surface area contributed by atoms with Gasteiger partial charge in [0.2, 0.25) is 0 Å². The highest BCUT2D eigenvalue weighted by Gasteiger charge is 2.28. The van der Waals surface area contributed by atoms with Crippen LogP contribution in [-0.4, -0.2) is 36.6 Å². The Labute approximate surface area is 243 Å². The monoisotopic (exact) mass is 580 g/mol. The standard InChI is InChI=1S/C33H24O10/c1-39-19-10-6-17(7-11-19)25-13-21(36)29-23(38)15-27(41-3)31(33(29)43-25)30-26(40-2)14-22(37)28-20(35)12-24(42-32(28)30)16-4-8-18(34)9-5-16/h4-15,34,37-38H,1-3H3. The Balaban J connectivity index is 1.76. The highest BCUT2D eigenvalue weighted by atomic mass is 16.5. The third-order valence-corrected chi connectivity index (χ3v) is 7.11. The van der Waals surface area contributed by atoms with Gasteiger partial charge < -0.3 is 38.4 Å². The second kappa shape index (κ2) is 10.5. The summed E-state index contributed by atoms with van der Waals surface area (Å²) in [6.07, 6.45) is 0. The number of hydrogen-bond donors (Lipinski definition) is 3. The van der Waals surface area contributed by atoms with Crippen LogP contribution in [0.2, 0.25) is 0 Å². The molecule has 0 saturated heterocycles. The van der Waals surface area contributed by atoms with Crippen LogP contribution < -0.4 is 25.1 Å². The zero-order valence-electron chi connectivity index (χ0n) is 23.1. The highest BCUT2D eigenvalue weighted by molar-refractivity contribution is 6.09. The van der Waals surface area contributed by atoms with Gasteiger partial charge in [0, 0.05) is 35.4 Å². The molecule has 0 aliphatic rings. The van der Waals surface area contributed by atoms with E-state index in [-0.39, 0.29) is 67.6 Å². The minimum absolute atomic E-state index is 0.0230. The zero-order valence-corrected chi connectivity index (χ0v) is 23.1. The molecule has 2 heterocycles. The van der Waals surface area contributed by atoms with Gasteiger partial charge in [-0.1, -0.05) is 0 Å². The first-order valence-electron chi connectivity index (χ1n) is 12.9. The zero-order chi connectivity index (χ0) is 30.4. The quantitative estimate of drug-likeness (QED) is 0.213. The predicted molar refractivity (Wildman–Crippen MR) is 159 cm³/mol. The molecule has 2 aromatic heterocycles. The molecule has 6 rings (SSSR count). The first kappa shape index (κ1) is 27.3. The minimum Gasteiger partial charge on any atom is -0.508 e. The number of aromatic hydroxyl groups is 3. The maximum atomic E-state index is 13.4. The molecule has 0 saturated carbocycles. The summed E-state index contributed by atoms with van der Waals surface area (Å²) in [5.74, 6) is 0.294. The van der Waals surface area contributed by atoms with Crippen molar-refractivity contribution in [2.45, 2.75) is 0 Å². The van der Waals surface area contributed by atoms with Gasteiger partial charge in [0.15, 0.2) is 22.0 Å². The molecular weight excluding hydrogens is 556 g/mol. The Morgan fingerprint density at radius 1 is 0.558 bits per heavy atom. The molecule has 216 valence electrons. The van der Waals surface area contributed by atoms with Gasteiger partial charge >= 0.3 is 0 Å². The van der Waals surface area contributed by atoms with Crippen molar-refractivity contribution in [1.29, 1.82) is 0 Å². The van der Waals surface area contributed by atoms with Crippen molar-refractivity contribution >= 4 is 21.9 Å². The van der Waals surface area contributed by atoms with Gasteiger partial charge in [0.1, 0.15) is 56.8 Å². The average Bonchev–Trinajstić information content (AvgIpc) is 3.01. The number of phenolic OH excluding ortho intramolecular Hbond substituents is 3. The Morgan fingerprint density at radius 3 is 1.37 bits per heavy atom. The molecule has 0 amide bonds. The fourth-order valence-electron chi connectivity index (χ4n) is 5.05. The number of hydrogen-bond acceptors (Lipinski definition) is 10. The molecule has 0 spiro atoms. The lowest BCUT2D eigenvalue weighted by Crippen LogP contribution is -2.06. The van der Waals surface area contributed by atoms with E-state index in [9.17, 15) is 24.9 Å². The van der Waals surface area contributed by atoms with Crippen LogP contribution in [0.5, 0.6) is 34.5 Å². The van der Waals surface area contributed by atoms with Gasteiger partial charge in [-0.3, -0.25) is 9.59 Å². The van der Waals surface area contributed by atoms with Gasteiger partial charge in [0.05, 0.1) is 32.5 Å². The van der Waals surface area contributed by atoms with Crippen LogP contribution >= 0.6 is 0 Å². The molecular formula is C33H24O10. The van der Waals surface area contributed by atoms with Crippen LogP contribution in [0, 0.1) is 0 Å². The Morgan fingerprint density at radius 2 is 0.977 bits per heavy atom. The van der Waals surface area contributed by atoms with Gasteiger partial charge in [0.25, 0.3) is 0 Å². The molecule has 4 aromatic carbocycles. The summed E-state index contributed by atoms with van der Waals surface area (Å²) < 4.78 is 29.1. The normalized spacial score (nSPS) is 11.1. The van der Waals surface area contributed by atoms with Crippen LogP contribution in [0.4, 0.5) is 0 Å². The van der Waals surface area contributed by atoms with E-state index in [0.29, 0.717) is 16.9 Å². The van der Waals surface area contributed by atoms with Gasteiger partial charge in [-0.15, -0.1) is 0 Å². The summed E-state index contributed by atoms with van der Waals surface area (Å²) in [5.41, 5.74) is 0.0291. The van der Waals surface area contributed by atoms with Gasteiger partial charge in [-0.25, -0.2) is 0 Å². The lowest BCUT2D eigenvalue weighted by molar-refractivity contribution is 0.403. The number of ether oxygens (including phenoxy) is 3. The first-order valence-corrected chi connectivity index (χ1v) is 12.9. The largest absolute Gasteiger partial charge is 0.508 e. The number of benzene rings is 4. The van der Waals surface area contributed by atoms with E-state index in [1.54, 1.807) is 36.4 Å². The van der Waals surface area contributed by atoms with Crippen LogP contribution in [0.25, 0.3) is 55.7 Å². The molecule has 10 heteroatoms. The van der Waals surface area contributed by atoms with Crippen LogP contribution in [0.1, 0.15) is 0 Å². The molecule has 10 nitrogen and oxygen atoms in total. The van der Waals surface area contributed by atoms with Crippen molar-refractivity contribution in [1.82, 2.24) is 0 Å². The van der Waals surface area contributed by atoms with Crippen molar-refractivity contribution in [2.24, 2.45) is 0 Å². The van der Waals surface area contributed by atoms with E-state index in [0.717, 1.165) is 0 Å². The van der Waals surface area contributed by atoms with E-state index in [4.69, 9.17) is 23.0 Å². The summed E-state index contributed by atoms with van der Waals surface area (Å²) in [6.45, 7) is 0. The third kappa shape index (κ3) is 4.55. The fourth-order valence-corrected chi connectivity index (χ4v) is 5.05. The number of methoxy groups -OCH3 is 3. The maximum absolute atomic E-state index is 13.4. The molecule has 6 aromatic rings. The SMILES string of the molecule is COc1ccc(-c2cc(=O)c3c(O)cc(OC)c(-c4c(OC)cc(O)c5c(=O)cc(-c6ccc(O)cc6)oc45)c3o2)cc1. The number of rotatable bonds is 6. The Kier molecular flexibility index (Phi) is 6.66.